The fourth-order valence-corrected chi connectivity index (χ4v) is 4.85. The molecule has 20 nitrogen and oxygen atoms in total. The number of carbonyl (C=O) groups is 2. The standard InChI is InChI=1S/C32H48N12O8/c1-19(42-48)31(2,3)44-51-16-14-37-32(4,5)24(43-49)12-13-34-28(46)23(7-6-15-52-50)39-27(45)20-8-10-21(11-9-20)35-17-22-18-36-26-25(38-22)29(47)41-30(33)40-26/h8-11,18-19,23-24,35,37,44,50H,6-7,12-17H2,1-5H3,(H,34,46)(H,39,45)(H3,33,36,40,41,47). The molecule has 0 aliphatic rings. The van der Waals surface area contributed by atoms with Crippen molar-refractivity contribution in [1.29, 1.82) is 0 Å². The lowest BCUT2D eigenvalue weighted by Crippen LogP contribution is -2.52. The molecule has 2 amide bonds. The Morgan fingerprint density at radius 3 is 2.42 bits per heavy atom. The first-order valence-corrected chi connectivity index (χ1v) is 16.7. The third-order valence-corrected chi connectivity index (χ3v) is 8.46. The van der Waals surface area contributed by atoms with E-state index in [-0.39, 0.29) is 68.2 Å². The van der Waals surface area contributed by atoms with Gasteiger partial charge >= 0.3 is 0 Å². The van der Waals surface area contributed by atoms with Crippen molar-refractivity contribution in [3.8, 4) is 0 Å². The molecule has 0 saturated heterocycles. The third kappa shape index (κ3) is 12.3. The van der Waals surface area contributed by atoms with Crippen LogP contribution in [0.4, 0.5) is 11.6 Å². The number of aromatic nitrogens is 4. The maximum absolute atomic E-state index is 13.2. The van der Waals surface area contributed by atoms with Gasteiger partial charge < -0.3 is 27.0 Å². The molecule has 2 aromatic heterocycles. The van der Waals surface area contributed by atoms with Crippen molar-refractivity contribution in [2.45, 2.75) is 89.6 Å². The molecule has 3 aromatic rings. The fourth-order valence-electron chi connectivity index (χ4n) is 4.85. The molecule has 3 atom stereocenters. The maximum Gasteiger partial charge on any atom is 0.280 e. The Labute approximate surface area is 299 Å². The average Bonchev–Trinajstić information content (AvgIpc) is 3.11. The van der Waals surface area contributed by atoms with Gasteiger partial charge in [0.25, 0.3) is 11.5 Å². The first kappa shape index (κ1) is 41.4. The second kappa shape index (κ2) is 19.6. The van der Waals surface area contributed by atoms with Crippen LogP contribution in [0.3, 0.4) is 0 Å². The van der Waals surface area contributed by atoms with Crippen molar-refractivity contribution in [2.75, 3.05) is 37.4 Å². The first-order chi connectivity index (χ1) is 24.7. The molecule has 0 spiro atoms. The Morgan fingerprint density at radius 1 is 1.02 bits per heavy atom. The van der Waals surface area contributed by atoms with Gasteiger partial charge in [-0.3, -0.25) is 29.5 Å². The molecule has 0 aliphatic carbocycles. The Balaban J connectivity index is 1.51. The van der Waals surface area contributed by atoms with Gasteiger partial charge in [-0.15, -0.1) is 0 Å². The number of aromatic amines is 1. The molecular formula is C32H48N12O8. The van der Waals surface area contributed by atoms with Crippen LogP contribution in [0.2, 0.25) is 0 Å². The molecular weight excluding hydrogens is 680 g/mol. The van der Waals surface area contributed by atoms with Gasteiger partial charge in [0.15, 0.2) is 11.2 Å². The van der Waals surface area contributed by atoms with E-state index in [1.807, 2.05) is 13.8 Å². The molecule has 0 fully saturated rings. The van der Waals surface area contributed by atoms with E-state index >= 15 is 0 Å². The number of anilines is 2. The summed E-state index contributed by atoms with van der Waals surface area (Å²) in [6.07, 6.45) is 2.13. The molecule has 1 aromatic carbocycles. The van der Waals surface area contributed by atoms with Crippen molar-refractivity contribution in [1.82, 2.24) is 41.4 Å². The predicted octanol–water partition coefficient (Wildman–Crippen LogP) is 1.74. The van der Waals surface area contributed by atoms with Crippen molar-refractivity contribution in [2.24, 2.45) is 10.4 Å². The Morgan fingerprint density at radius 2 is 1.75 bits per heavy atom. The van der Waals surface area contributed by atoms with E-state index in [4.69, 9.17) is 15.8 Å². The number of amides is 2. The van der Waals surface area contributed by atoms with Gasteiger partial charge in [0.05, 0.1) is 37.2 Å². The van der Waals surface area contributed by atoms with Crippen LogP contribution in [0.1, 0.15) is 69.9 Å². The highest BCUT2D eigenvalue weighted by atomic mass is 17.1. The number of hydroxylamine groups is 1. The zero-order valence-corrected chi connectivity index (χ0v) is 29.9. The largest absolute Gasteiger partial charge is 0.379 e. The third-order valence-electron chi connectivity index (χ3n) is 8.46. The molecule has 0 radical (unpaired) electrons. The van der Waals surface area contributed by atoms with E-state index in [1.165, 1.54) is 6.20 Å². The van der Waals surface area contributed by atoms with Crippen molar-refractivity contribution < 1.29 is 24.6 Å². The number of hydrogen-bond donors (Lipinski definition) is 8. The number of nitrogens with one attached hydrogen (secondary N) is 6. The number of benzene rings is 1. The van der Waals surface area contributed by atoms with Crippen LogP contribution in [0, 0.1) is 9.81 Å². The van der Waals surface area contributed by atoms with Crippen molar-refractivity contribution >= 4 is 34.6 Å². The summed E-state index contributed by atoms with van der Waals surface area (Å²) in [7, 11) is 0. The smallest absolute Gasteiger partial charge is 0.280 e. The number of nitroso groups, excluding NO2 is 2. The molecule has 3 rings (SSSR count). The molecule has 2 heterocycles. The molecule has 0 aliphatic heterocycles. The van der Waals surface area contributed by atoms with E-state index in [9.17, 15) is 24.2 Å². The van der Waals surface area contributed by atoms with Crippen LogP contribution in [-0.4, -0.2) is 92.5 Å². The summed E-state index contributed by atoms with van der Waals surface area (Å²) >= 11 is 0. The highest BCUT2D eigenvalue weighted by Crippen LogP contribution is 2.17. The van der Waals surface area contributed by atoms with Crippen molar-refractivity contribution in [3.05, 3.63) is 61.9 Å². The minimum absolute atomic E-state index is 0.0404. The van der Waals surface area contributed by atoms with Crippen molar-refractivity contribution in [3.63, 3.8) is 0 Å². The number of hydrogen-bond acceptors (Lipinski definition) is 17. The van der Waals surface area contributed by atoms with Gasteiger partial charge in [-0.2, -0.15) is 20.3 Å². The Kier molecular flexibility index (Phi) is 15.6. The molecule has 284 valence electrons. The van der Waals surface area contributed by atoms with E-state index in [2.05, 4.69) is 61.9 Å². The van der Waals surface area contributed by atoms with Gasteiger partial charge in [0.1, 0.15) is 18.1 Å². The zero-order chi connectivity index (χ0) is 38.3. The van der Waals surface area contributed by atoms with E-state index in [1.54, 1.807) is 45.0 Å². The molecule has 9 N–H and O–H groups in total. The van der Waals surface area contributed by atoms with Crippen LogP contribution in [0.15, 0.2) is 45.6 Å². The molecule has 3 unspecified atom stereocenters. The van der Waals surface area contributed by atoms with Gasteiger partial charge in [0, 0.05) is 29.9 Å². The molecule has 20 heteroatoms. The second-order valence-corrected chi connectivity index (χ2v) is 13.2. The summed E-state index contributed by atoms with van der Waals surface area (Å²) in [5.74, 6) is -1.03. The number of nitrogens with zero attached hydrogens (tertiary/aromatic N) is 5. The first-order valence-electron chi connectivity index (χ1n) is 16.7. The summed E-state index contributed by atoms with van der Waals surface area (Å²) in [6.45, 7) is 9.77. The highest BCUT2D eigenvalue weighted by molar-refractivity contribution is 5.97. The normalized spacial score (nSPS) is 13.6. The minimum atomic E-state index is -0.959. The topological polar surface area (TPSA) is 289 Å². The number of nitrogens with two attached hydrogens (primary N) is 1. The number of carbonyl (C=O) groups excluding carboxylic acids is 2. The summed E-state index contributed by atoms with van der Waals surface area (Å²) in [6, 6.07) is 4.31. The highest BCUT2D eigenvalue weighted by Gasteiger charge is 2.31. The van der Waals surface area contributed by atoms with Crippen LogP contribution < -0.4 is 38.0 Å². The van der Waals surface area contributed by atoms with E-state index in [0.717, 1.165) is 0 Å². The lowest BCUT2D eigenvalue weighted by molar-refractivity contribution is -0.242. The van der Waals surface area contributed by atoms with Crippen LogP contribution in [0.25, 0.3) is 11.2 Å². The second-order valence-electron chi connectivity index (χ2n) is 13.2. The number of rotatable bonds is 23. The predicted molar refractivity (Wildman–Crippen MR) is 193 cm³/mol. The van der Waals surface area contributed by atoms with Crippen LogP contribution in [-0.2, 0) is 21.1 Å². The summed E-state index contributed by atoms with van der Waals surface area (Å²) in [4.78, 5) is 85.4. The van der Waals surface area contributed by atoms with Gasteiger partial charge in [-0.05, 0) is 78.1 Å². The molecule has 0 bridgehead atoms. The van der Waals surface area contributed by atoms with E-state index < -0.39 is 46.6 Å². The number of fused-ring (bicyclic) bond motifs is 1. The lowest BCUT2D eigenvalue weighted by atomic mass is 9.92. The Bertz CT molecular complexity index is 1700. The zero-order valence-electron chi connectivity index (χ0n) is 29.9. The van der Waals surface area contributed by atoms with Gasteiger partial charge in [0.2, 0.25) is 11.9 Å². The summed E-state index contributed by atoms with van der Waals surface area (Å²) in [5, 5.41) is 26.9. The quantitative estimate of drug-likeness (QED) is 0.0299. The van der Waals surface area contributed by atoms with Gasteiger partial charge in [-0.25, -0.2) is 14.9 Å². The summed E-state index contributed by atoms with van der Waals surface area (Å²) < 4.78 is 0. The SMILES string of the molecule is CC(N=O)C(C)(C)NOCCNC(C)(C)C(CCNC(=O)C(CCCOO)NC(=O)c1ccc(NCc2cnc3nc(N)[nH]c(=O)c3n2)cc1)N=O. The molecule has 0 saturated carbocycles. The van der Waals surface area contributed by atoms with E-state index in [0.29, 0.717) is 17.9 Å². The van der Waals surface area contributed by atoms with Gasteiger partial charge in [-0.1, -0.05) is 10.4 Å². The number of H-pyrrole nitrogens is 1. The fraction of sp³-hybridized carbons (Fsp3) is 0.562. The lowest BCUT2D eigenvalue weighted by Gasteiger charge is -2.32. The Hall–Kier alpha value is -5.02. The summed E-state index contributed by atoms with van der Waals surface area (Å²) in [5.41, 5.74) is 8.07. The molecule has 52 heavy (non-hydrogen) atoms. The average molecular weight is 729 g/mol. The van der Waals surface area contributed by atoms with Crippen LogP contribution >= 0.6 is 0 Å². The minimum Gasteiger partial charge on any atom is -0.379 e. The monoisotopic (exact) mass is 728 g/mol. The van der Waals surface area contributed by atoms with Crippen LogP contribution in [0.5, 0.6) is 0 Å². The maximum atomic E-state index is 13.2. The number of nitrogen functional groups attached to an aromatic ring is 1.